The number of nitrogens with zero attached hydrogens (tertiary/aromatic N) is 5. The molecule has 0 amide bonds. The van der Waals surface area contributed by atoms with Gasteiger partial charge >= 0.3 is 0 Å². The fourth-order valence-corrected chi connectivity index (χ4v) is 3.78. The Morgan fingerprint density at radius 3 is 2.38 bits per heavy atom. The molecule has 0 bridgehead atoms. The average molecular weight is 426 g/mol. The standard InChI is InChI=1S/C24H22N6O2/c1-25-14-21-26-11-12-29(21)17-5-3-16(4-6-17)22-24(31)23-20(13-27-22)28-15-30(23)18-7-9-19(32-2)10-8-18/h3-13,15,25,31H,14H2,1-2H3. The third kappa shape index (κ3) is 3.36. The van der Waals surface area contributed by atoms with Gasteiger partial charge in [-0.15, -0.1) is 0 Å². The molecule has 2 N–H and O–H groups in total. The van der Waals surface area contributed by atoms with Crippen LogP contribution in [-0.2, 0) is 6.54 Å². The summed E-state index contributed by atoms with van der Waals surface area (Å²) in [7, 11) is 3.52. The minimum Gasteiger partial charge on any atom is -0.504 e. The van der Waals surface area contributed by atoms with Crippen molar-refractivity contribution in [3.05, 3.63) is 79.3 Å². The zero-order chi connectivity index (χ0) is 22.1. The van der Waals surface area contributed by atoms with Gasteiger partial charge in [-0.25, -0.2) is 15.0 Å². The van der Waals surface area contributed by atoms with Gasteiger partial charge in [-0.1, -0.05) is 12.1 Å². The highest BCUT2D eigenvalue weighted by molar-refractivity contribution is 5.89. The molecule has 8 nitrogen and oxygen atoms in total. The van der Waals surface area contributed by atoms with Gasteiger partial charge in [0.05, 0.1) is 19.9 Å². The topological polar surface area (TPSA) is 90.0 Å². The fourth-order valence-electron chi connectivity index (χ4n) is 3.78. The second-order valence-electron chi connectivity index (χ2n) is 7.29. The molecule has 8 heteroatoms. The summed E-state index contributed by atoms with van der Waals surface area (Å²) in [6, 6.07) is 15.4. The quantitative estimate of drug-likeness (QED) is 0.430. The maximum absolute atomic E-state index is 11.1. The molecule has 0 saturated carbocycles. The Morgan fingerprint density at radius 1 is 0.938 bits per heavy atom. The van der Waals surface area contributed by atoms with Crippen LogP contribution in [0.25, 0.3) is 33.7 Å². The Labute approximate surface area is 184 Å². The molecule has 0 unspecified atom stereocenters. The van der Waals surface area contributed by atoms with Gasteiger partial charge in [0, 0.05) is 29.3 Å². The third-order valence-corrected chi connectivity index (χ3v) is 5.38. The lowest BCUT2D eigenvalue weighted by Gasteiger charge is -2.11. The molecule has 2 aromatic carbocycles. The van der Waals surface area contributed by atoms with E-state index in [-0.39, 0.29) is 5.75 Å². The van der Waals surface area contributed by atoms with Gasteiger partial charge in [-0.3, -0.25) is 4.57 Å². The molecule has 0 aliphatic heterocycles. The van der Waals surface area contributed by atoms with Gasteiger partial charge in [0.2, 0.25) is 0 Å². The summed E-state index contributed by atoms with van der Waals surface area (Å²) in [6.45, 7) is 0.670. The van der Waals surface area contributed by atoms with Crippen molar-refractivity contribution >= 4 is 11.0 Å². The number of hydrogen-bond acceptors (Lipinski definition) is 6. The van der Waals surface area contributed by atoms with Crippen molar-refractivity contribution in [2.45, 2.75) is 6.54 Å². The Hall–Kier alpha value is -4.17. The summed E-state index contributed by atoms with van der Waals surface area (Å²) in [6.07, 6.45) is 7.07. The Balaban J connectivity index is 1.54. The zero-order valence-corrected chi connectivity index (χ0v) is 17.7. The molecule has 0 aliphatic carbocycles. The minimum atomic E-state index is 0.0853. The third-order valence-electron chi connectivity index (χ3n) is 5.38. The average Bonchev–Trinajstić information content (AvgIpc) is 3.48. The van der Waals surface area contributed by atoms with Crippen molar-refractivity contribution in [2.75, 3.05) is 14.2 Å². The second kappa shape index (κ2) is 8.16. The van der Waals surface area contributed by atoms with Gasteiger partial charge in [0.1, 0.15) is 34.6 Å². The molecule has 3 aromatic heterocycles. The van der Waals surface area contributed by atoms with E-state index in [1.54, 1.807) is 25.8 Å². The molecule has 3 heterocycles. The normalized spacial score (nSPS) is 11.2. The predicted octanol–water partition coefficient (Wildman–Crippen LogP) is 3.71. The zero-order valence-electron chi connectivity index (χ0n) is 17.7. The lowest BCUT2D eigenvalue weighted by molar-refractivity contribution is 0.415. The number of aromatic nitrogens is 5. The van der Waals surface area contributed by atoms with E-state index in [2.05, 4.69) is 20.3 Å². The molecule has 5 rings (SSSR count). The van der Waals surface area contributed by atoms with Crippen LogP contribution < -0.4 is 10.1 Å². The van der Waals surface area contributed by atoms with Crippen LogP contribution in [0.4, 0.5) is 0 Å². The van der Waals surface area contributed by atoms with Gasteiger partial charge in [0.25, 0.3) is 0 Å². The first-order chi connectivity index (χ1) is 15.7. The van der Waals surface area contributed by atoms with Crippen LogP contribution in [0.15, 0.2) is 73.4 Å². The molecule has 0 saturated heterocycles. The largest absolute Gasteiger partial charge is 0.504 e. The lowest BCUT2D eigenvalue weighted by atomic mass is 10.1. The summed E-state index contributed by atoms with van der Waals surface area (Å²) in [5.41, 5.74) is 4.39. The molecule has 160 valence electrons. The number of benzene rings is 2. The van der Waals surface area contributed by atoms with E-state index in [9.17, 15) is 5.11 Å². The SMILES string of the molecule is CNCc1nccn1-c1ccc(-c2ncc3ncn(-c4ccc(OC)cc4)c3c2O)cc1. The van der Waals surface area contributed by atoms with Gasteiger partial charge in [0.15, 0.2) is 5.75 Å². The molecule has 32 heavy (non-hydrogen) atoms. The van der Waals surface area contributed by atoms with E-state index >= 15 is 0 Å². The molecular weight excluding hydrogens is 404 g/mol. The second-order valence-corrected chi connectivity index (χ2v) is 7.29. The van der Waals surface area contributed by atoms with E-state index in [0.29, 0.717) is 23.3 Å². The van der Waals surface area contributed by atoms with Crippen molar-refractivity contribution in [1.29, 1.82) is 0 Å². The summed E-state index contributed by atoms with van der Waals surface area (Å²) in [5, 5.41) is 14.3. The van der Waals surface area contributed by atoms with Crippen LogP contribution in [-0.4, -0.2) is 43.4 Å². The van der Waals surface area contributed by atoms with Crippen molar-refractivity contribution in [3.8, 4) is 34.1 Å². The number of aromatic hydroxyl groups is 1. The molecule has 0 atom stereocenters. The Morgan fingerprint density at radius 2 is 1.66 bits per heavy atom. The molecule has 0 radical (unpaired) electrons. The molecule has 0 fully saturated rings. The predicted molar refractivity (Wildman–Crippen MR) is 122 cm³/mol. The van der Waals surface area contributed by atoms with Crippen molar-refractivity contribution < 1.29 is 9.84 Å². The van der Waals surface area contributed by atoms with Gasteiger partial charge in [-0.05, 0) is 43.4 Å². The molecular formula is C24H22N6O2. The maximum Gasteiger partial charge on any atom is 0.168 e. The first-order valence-electron chi connectivity index (χ1n) is 10.2. The minimum absolute atomic E-state index is 0.0853. The highest BCUT2D eigenvalue weighted by atomic mass is 16.5. The number of hydrogen-bond donors (Lipinski definition) is 2. The lowest BCUT2D eigenvalue weighted by Crippen LogP contribution is -2.11. The number of ether oxygens (including phenoxy) is 1. The Kier molecular flexibility index (Phi) is 5.04. The summed E-state index contributed by atoms with van der Waals surface area (Å²) >= 11 is 0. The fraction of sp³-hybridized carbons (Fsp3) is 0.125. The van der Waals surface area contributed by atoms with Crippen LogP contribution >= 0.6 is 0 Å². The monoisotopic (exact) mass is 426 g/mol. The van der Waals surface area contributed by atoms with Crippen LogP contribution in [0.2, 0.25) is 0 Å². The van der Waals surface area contributed by atoms with Crippen LogP contribution in [0, 0.1) is 0 Å². The van der Waals surface area contributed by atoms with Crippen LogP contribution in [0.3, 0.4) is 0 Å². The van der Waals surface area contributed by atoms with Gasteiger partial charge in [-0.2, -0.15) is 0 Å². The first-order valence-corrected chi connectivity index (χ1v) is 10.2. The summed E-state index contributed by atoms with van der Waals surface area (Å²) in [4.78, 5) is 13.3. The van der Waals surface area contributed by atoms with Crippen molar-refractivity contribution in [2.24, 2.45) is 0 Å². The smallest absolute Gasteiger partial charge is 0.168 e. The number of nitrogens with one attached hydrogen (secondary N) is 1. The van der Waals surface area contributed by atoms with Crippen molar-refractivity contribution in [3.63, 3.8) is 0 Å². The summed E-state index contributed by atoms with van der Waals surface area (Å²) in [5.74, 6) is 1.77. The molecule has 0 spiro atoms. The van der Waals surface area contributed by atoms with Crippen molar-refractivity contribution in [1.82, 2.24) is 29.4 Å². The van der Waals surface area contributed by atoms with E-state index in [1.165, 1.54) is 0 Å². The van der Waals surface area contributed by atoms with E-state index in [0.717, 1.165) is 28.5 Å². The number of rotatable bonds is 6. The van der Waals surface area contributed by atoms with Gasteiger partial charge < -0.3 is 19.7 Å². The molecule has 0 aliphatic rings. The number of pyridine rings is 1. The maximum atomic E-state index is 11.1. The highest BCUT2D eigenvalue weighted by Crippen LogP contribution is 2.35. The number of fused-ring (bicyclic) bond motifs is 1. The highest BCUT2D eigenvalue weighted by Gasteiger charge is 2.16. The summed E-state index contributed by atoms with van der Waals surface area (Å²) < 4.78 is 9.11. The van der Waals surface area contributed by atoms with Crippen LogP contribution in [0.1, 0.15) is 5.82 Å². The Bertz CT molecular complexity index is 1370. The van der Waals surface area contributed by atoms with E-state index in [1.807, 2.05) is 70.9 Å². The van der Waals surface area contributed by atoms with E-state index < -0.39 is 0 Å². The molecule has 5 aromatic rings. The number of imidazole rings is 2. The number of methoxy groups -OCH3 is 1. The van der Waals surface area contributed by atoms with Crippen LogP contribution in [0.5, 0.6) is 11.5 Å². The van der Waals surface area contributed by atoms with E-state index in [4.69, 9.17) is 4.74 Å². The first kappa shape index (κ1) is 19.8.